The van der Waals surface area contributed by atoms with Crippen LogP contribution < -0.4 is 9.62 Å². The third kappa shape index (κ3) is 9.12. The van der Waals surface area contributed by atoms with Crippen molar-refractivity contribution in [1.82, 2.24) is 10.2 Å². The van der Waals surface area contributed by atoms with Crippen molar-refractivity contribution in [1.29, 1.82) is 0 Å². The first kappa shape index (κ1) is 32.7. The SMILES string of the molecule is Cc1ccc([N+](=O)[O-])cc1N(CC(=O)N(Cc1ccc(Br)cc1)[C@@H](Cc1ccccc1)C(=O)NCC(C)C)S(C)(=O)=O. The number of rotatable bonds is 13. The summed E-state index contributed by atoms with van der Waals surface area (Å²) < 4.78 is 27.7. The minimum Gasteiger partial charge on any atom is -0.354 e. The van der Waals surface area contributed by atoms with Crippen LogP contribution in [0.3, 0.4) is 0 Å². The molecule has 0 radical (unpaired) electrons. The summed E-state index contributed by atoms with van der Waals surface area (Å²) in [5.74, 6) is -0.829. The van der Waals surface area contributed by atoms with Crippen LogP contribution >= 0.6 is 15.9 Å². The first-order valence-electron chi connectivity index (χ1n) is 13.3. The summed E-state index contributed by atoms with van der Waals surface area (Å²) >= 11 is 3.41. The number of nitrogens with zero attached hydrogens (tertiary/aromatic N) is 3. The van der Waals surface area contributed by atoms with Crippen molar-refractivity contribution in [3.8, 4) is 0 Å². The quantitative estimate of drug-likeness (QED) is 0.207. The summed E-state index contributed by atoms with van der Waals surface area (Å²) in [7, 11) is -4.06. The van der Waals surface area contributed by atoms with Crippen molar-refractivity contribution in [2.24, 2.45) is 5.92 Å². The molecule has 0 unspecified atom stereocenters. The van der Waals surface area contributed by atoms with E-state index in [9.17, 15) is 28.1 Å². The van der Waals surface area contributed by atoms with E-state index in [1.54, 1.807) is 6.92 Å². The summed E-state index contributed by atoms with van der Waals surface area (Å²) in [5, 5.41) is 14.4. The molecule has 0 spiro atoms. The van der Waals surface area contributed by atoms with Gasteiger partial charge >= 0.3 is 0 Å². The summed E-state index contributed by atoms with van der Waals surface area (Å²) in [6.45, 7) is 5.31. The van der Waals surface area contributed by atoms with Crippen molar-refractivity contribution in [2.75, 3.05) is 23.7 Å². The molecule has 0 aliphatic rings. The molecule has 0 fully saturated rings. The van der Waals surface area contributed by atoms with Crippen LogP contribution in [0.25, 0.3) is 0 Å². The van der Waals surface area contributed by atoms with Crippen LogP contribution in [0.4, 0.5) is 11.4 Å². The Morgan fingerprint density at radius 3 is 2.21 bits per heavy atom. The Labute approximate surface area is 255 Å². The molecule has 1 N–H and O–H groups in total. The van der Waals surface area contributed by atoms with Gasteiger partial charge < -0.3 is 10.2 Å². The average molecular weight is 660 g/mol. The van der Waals surface area contributed by atoms with Crippen molar-refractivity contribution >= 4 is 49.1 Å². The lowest BCUT2D eigenvalue weighted by Gasteiger charge is -2.34. The number of hydrogen-bond donors (Lipinski definition) is 1. The maximum atomic E-state index is 14.1. The van der Waals surface area contributed by atoms with Crippen LogP contribution in [0.5, 0.6) is 0 Å². The number of amides is 2. The van der Waals surface area contributed by atoms with Gasteiger partial charge in [-0.3, -0.25) is 24.0 Å². The summed E-state index contributed by atoms with van der Waals surface area (Å²) in [6.07, 6.45) is 1.14. The number of anilines is 1. The summed E-state index contributed by atoms with van der Waals surface area (Å²) in [6, 6.07) is 19.4. The fourth-order valence-corrected chi connectivity index (χ4v) is 5.50. The normalized spacial score (nSPS) is 12.0. The minimum absolute atomic E-state index is 0.0208. The smallest absolute Gasteiger partial charge is 0.271 e. The van der Waals surface area contributed by atoms with E-state index >= 15 is 0 Å². The number of nitrogens with one attached hydrogen (secondary N) is 1. The molecule has 0 bridgehead atoms. The third-order valence-corrected chi connectivity index (χ3v) is 8.23. The molecule has 12 heteroatoms. The molecule has 0 aliphatic carbocycles. The van der Waals surface area contributed by atoms with Gasteiger partial charge in [0.05, 0.1) is 16.9 Å². The lowest BCUT2D eigenvalue weighted by molar-refractivity contribution is -0.384. The van der Waals surface area contributed by atoms with Gasteiger partial charge in [-0.2, -0.15) is 0 Å². The number of sulfonamides is 1. The highest BCUT2D eigenvalue weighted by atomic mass is 79.9. The molecule has 1 atom stereocenters. The molecule has 0 saturated heterocycles. The number of nitro benzene ring substituents is 1. The maximum Gasteiger partial charge on any atom is 0.271 e. The van der Waals surface area contributed by atoms with Gasteiger partial charge in [-0.05, 0) is 41.7 Å². The third-order valence-electron chi connectivity index (χ3n) is 6.57. The highest BCUT2D eigenvalue weighted by Gasteiger charge is 2.33. The Morgan fingerprint density at radius 1 is 1.00 bits per heavy atom. The Hall–Kier alpha value is -3.77. The lowest BCUT2D eigenvalue weighted by Crippen LogP contribution is -2.53. The number of hydrogen-bond acceptors (Lipinski definition) is 6. The second kappa shape index (κ2) is 14.4. The Balaban J connectivity index is 2.09. The summed E-state index contributed by atoms with van der Waals surface area (Å²) in [4.78, 5) is 40.0. The molecule has 224 valence electrons. The molecular formula is C30H35BrN4O6S. The van der Waals surface area contributed by atoms with E-state index in [0.717, 1.165) is 32.2 Å². The second-order valence-electron chi connectivity index (χ2n) is 10.5. The Morgan fingerprint density at radius 2 is 1.64 bits per heavy atom. The molecule has 0 aromatic heterocycles. The molecule has 0 heterocycles. The molecule has 42 heavy (non-hydrogen) atoms. The van der Waals surface area contributed by atoms with Crippen LogP contribution in [0.15, 0.2) is 77.3 Å². The van der Waals surface area contributed by atoms with E-state index in [4.69, 9.17) is 0 Å². The van der Waals surface area contributed by atoms with Crippen LogP contribution in [0, 0.1) is 23.0 Å². The highest BCUT2D eigenvalue weighted by molar-refractivity contribution is 9.10. The monoisotopic (exact) mass is 658 g/mol. The van der Waals surface area contributed by atoms with Gasteiger partial charge in [-0.25, -0.2) is 8.42 Å². The number of aryl methyl sites for hydroxylation is 1. The molecular weight excluding hydrogens is 624 g/mol. The maximum absolute atomic E-state index is 14.1. The van der Waals surface area contributed by atoms with Crippen LogP contribution in [-0.2, 0) is 32.6 Å². The van der Waals surface area contributed by atoms with E-state index < -0.39 is 33.4 Å². The fraction of sp³-hybridized carbons (Fsp3) is 0.333. The van der Waals surface area contributed by atoms with Crippen LogP contribution in [0.2, 0.25) is 0 Å². The van der Waals surface area contributed by atoms with Gasteiger partial charge in [-0.15, -0.1) is 0 Å². The van der Waals surface area contributed by atoms with Crippen molar-refractivity contribution in [3.05, 3.63) is 104 Å². The summed E-state index contributed by atoms with van der Waals surface area (Å²) in [5.41, 5.74) is 1.71. The highest BCUT2D eigenvalue weighted by Crippen LogP contribution is 2.28. The first-order chi connectivity index (χ1) is 19.8. The van der Waals surface area contributed by atoms with Gasteiger partial charge in [0.2, 0.25) is 21.8 Å². The van der Waals surface area contributed by atoms with Crippen molar-refractivity contribution < 1.29 is 22.9 Å². The first-order valence-corrected chi connectivity index (χ1v) is 16.0. The molecule has 3 aromatic carbocycles. The number of carbonyl (C=O) groups excluding carboxylic acids is 2. The van der Waals surface area contributed by atoms with Gasteiger partial charge in [-0.1, -0.05) is 78.3 Å². The van der Waals surface area contributed by atoms with Gasteiger partial charge in [0, 0.05) is 36.1 Å². The Bertz CT molecular complexity index is 1510. The molecule has 2 amide bonds. The largest absolute Gasteiger partial charge is 0.354 e. The second-order valence-corrected chi connectivity index (χ2v) is 13.3. The van der Waals surface area contributed by atoms with Gasteiger partial charge in [0.25, 0.3) is 5.69 Å². The molecule has 3 rings (SSSR count). The van der Waals surface area contributed by atoms with E-state index in [1.807, 2.05) is 68.4 Å². The number of benzene rings is 3. The zero-order valence-electron chi connectivity index (χ0n) is 24.0. The average Bonchev–Trinajstić information content (AvgIpc) is 2.93. The topological polar surface area (TPSA) is 130 Å². The zero-order valence-corrected chi connectivity index (χ0v) is 26.4. The van der Waals surface area contributed by atoms with Crippen molar-refractivity contribution in [2.45, 2.75) is 39.8 Å². The predicted molar refractivity (Wildman–Crippen MR) is 166 cm³/mol. The standard InChI is InChI=1S/C30H35BrN4O6S/c1-21(2)18-32-30(37)28(16-23-8-6-5-7-9-23)33(19-24-11-13-25(31)14-12-24)29(36)20-34(42(4,40)41)27-17-26(35(38)39)15-10-22(27)3/h5-15,17,21,28H,16,18-20H2,1-4H3,(H,32,37)/t28-/m0/s1. The fourth-order valence-electron chi connectivity index (χ4n) is 4.34. The number of halogens is 1. The molecule has 0 saturated carbocycles. The minimum atomic E-state index is -4.06. The van der Waals surface area contributed by atoms with E-state index in [2.05, 4.69) is 21.2 Å². The molecule has 0 aliphatic heterocycles. The van der Waals surface area contributed by atoms with E-state index in [0.29, 0.717) is 12.1 Å². The molecule has 10 nitrogen and oxygen atoms in total. The van der Waals surface area contributed by atoms with Crippen LogP contribution in [0.1, 0.15) is 30.5 Å². The van der Waals surface area contributed by atoms with E-state index in [-0.39, 0.29) is 36.2 Å². The van der Waals surface area contributed by atoms with Gasteiger partial charge in [0.15, 0.2) is 0 Å². The van der Waals surface area contributed by atoms with Gasteiger partial charge in [0.1, 0.15) is 12.6 Å². The Kier molecular flexibility index (Phi) is 11.2. The van der Waals surface area contributed by atoms with E-state index in [1.165, 1.54) is 17.0 Å². The zero-order chi connectivity index (χ0) is 31.0. The van der Waals surface area contributed by atoms with Crippen LogP contribution in [-0.4, -0.2) is 55.4 Å². The number of carbonyl (C=O) groups is 2. The lowest BCUT2D eigenvalue weighted by atomic mass is 10.0. The predicted octanol–water partition coefficient (Wildman–Crippen LogP) is 4.84. The number of non-ortho nitro benzene ring substituents is 1. The van der Waals surface area contributed by atoms with Crippen molar-refractivity contribution in [3.63, 3.8) is 0 Å². The molecule has 3 aromatic rings. The number of nitro groups is 1.